The molecule has 5 heteroatoms. The second-order valence-electron chi connectivity index (χ2n) is 5.02. The zero-order chi connectivity index (χ0) is 14.5. The van der Waals surface area contributed by atoms with Crippen LogP contribution in [0.1, 0.15) is 37.3 Å². The molecule has 1 saturated carbocycles. The second-order valence-corrected chi connectivity index (χ2v) is 5.46. The smallest absolute Gasteiger partial charge is 0.307 e. The summed E-state index contributed by atoms with van der Waals surface area (Å²) in [7, 11) is 1.34. The Morgan fingerprint density at radius 2 is 2.00 bits per heavy atom. The average molecular weight is 296 g/mol. The summed E-state index contributed by atoms with van der Waals surface area (Å²) in [6.07, 6.45) is 3.08. The van der Waals surface area contributed by atoms with Gasteiger partial charge in [0.05, 0.1) is 19.6 Å². The van der Waals surface area contributed by atoms with Crippen molar-refractivity contribution in [2.24, 2.45) is 5.92 Å². The van der Waals surface area contributed by atoms with Crippen LogP contribution in [0, 0.1) is 5.92 Å². The number of rotatable bonds is 5. The van der Waals surface area contributed by atoms with E-state index in [1.165, 1.54) is 7.11 Å². The third-order valence-corrected chi connectivity index (χ3v) is 3.92. The lowest BCUT2D eigenvalue weighted by Gasteiger charge is -2.27. The van der Waals surface area contributed by atoms with Crippen LogP contribution in [-0.4, -0.2) is 19.0 Å². The average Bonchev–Trinajstić information content (AvgIpc) is 2.36. The first-order valence-corrected chi connectivity index (χ1v) is 7.10. The third kappa shape index (κ3) is 3.73. The van der Waals surface area contributed by atoms with Crippen molar-refractivity contribution < 1.29 is 14.3 Å². The van der Waals surface area contributed by atoms with Gasteiger partial charge >= 0.3 is 5.97 Å². The first kappa shape index (κ1) is 14.9. The van der Waals surface area contributed by atoms with Crippen LogP contribution >= 0.6 is 11.6 Å². The molecular formula is C15H18ClNO3. The van der Waals surface area contributed by atoms with Crippen LogP contribution in [0.5, 0.6) is 0 Å². The molecule has 1 fully saturated rings. The summed E-state index contributed by atoms with van der Waals surface area (Å²) in [6.45, 7) is 0. The van der Waals surface area contributed by atoms with Crippen molar-refractivity contribution in [3.05, 3.63) is 34.9 Å². The minimum atomic E-state index is -0.368. The molecule has 2 rings (SSSR count). The number of ether oxygens (including phenoxy) is 1. The molecule has 20 heavy (non-hydrogen) atoms. The molecule has 0 bridgehead atoms. The predicted octanol–water partition coefficient (Wildman–Crippen LogP) is 2.86. The molecule has 4 nitrogen and oxygen atoms in total. The monoisotopic (exact) mass is 295 g/mol. The Morgan fingerprint density at radius 3 is 2.50 bits per heavy atom. The zero-order valence-electron chi connectivity index (χ0n) is 11.4. The summed E-state index contributed by atoms with van der Waals surface area (Å²) in [5, 5.41) is 3.56. The van der Waals surface area contributed by atoms with E-state index in [9.17, 15) is 9.59 Å². The van der Waals surface area contributed by atoms with Crippen molar-refractivity contribution >= 4 is 23.5 Å². The fourth-order valence-electron chi connectivity index (χ4n) is 2.16. The number of carbonyl (C=O) groups excluding carboxylic acids is 2. The maximum absolute atomic E-state index is 12.1. The van der Waals surface area contributed by atoms with Crippen molar-refractivity contribution in [2.75, 3.05) is 7.11 Å². The number of hydrogen-bond donors (Lipinski definition) is 1. The van der Waals surface area contributed by atoms with Crippen molar-refractivity contribution in [1.82, 2.24) is 5.32 Å². The minimum absolute atomic E-state index is 0.0140. The Bertz CT molecular complexity index is 482. The van der Waals surface area contributed by atoms with Crippen molar-refractivity contribution in [2.45, 2.75) is 31.7 Å². The maximum atomic E-state index is 12.1. The van der Waals surface area contributed by atoms with Gasteiger partial charge in [-0.2, -0.15) is 0 Å². The molecule has 1 aromatic rings. The van der Waals surface area contributed by atoms with Crippen LogP contribution in [0.15, 0.2) is 24.3 Å². The van der Waals surface area contributed by atoms with Crippen LogP contribution in [0.3, 0.4) is 0 Å². The number of halogens is 1. The fraction of sp³-hybridized carbons (Fsp3) is 0.467. The molecule has 0 spiro atoms. The molecule has 1 aromatic carbocycles. The van der Waals surface area contributed by atoms with E-state index >= 15 is 0 Å². The Kier molecular flexibility index (Phi) is 5.01. The summed E-state index contributed by atoms with van der Waals surface area (Å²) >= 11 is 5.86. The number of carbonyl (C=O) groups is 2. The summed E-state index contributed by atoms with van der Waals surface area (Å²) in [4.78, 5) is 23.6. The molecular weight excluding hydrogens is 278 g/mol. The summed E-state index contributed by atoms with van der Waals surface area (Å²) in [5.41, 5.74) is 0.854. The van der Waals surface area contributed by atoms with Gasteiger partial charge in [-0.3, -0.25) is 9.59 Å². The summed E-state index contributed by atoms with van der Waals surface area (Å²) in [5.74, 6) is -0.249. The molecule has 0 saturated heterocycles. The fourth-order valence-corrected chi connectivity index (χ4v) is 2.28. The molecule has 0 unspecified atom stereocenters. The van der Waals surface area contributed by atoms with Gasteiger partial charge in [0.2, 0.25) is 5.91 Å². The topological polar surface area (TPSA) is 55.4 Å². The maximum Gasteiger partial charge on any atom is 0.307 e. The molecule has 108 valence electrons. The van der Waals surface area contributed by atoms with E-state index < -0.39 is 0 Å². The highest BCUT2D eigenvalue weighted by molar-refractivity contribution is 6.30. The lowest BCUT2D eigenvalue weighted by Crippen LogP contribution is -2.37. The quantitative estimate of drug-likeness (QED) is 0.850. The van der Waals surface area contributed by atoms with E-state index in [2.05, 4.69) is 5.32 Å². The van der Waals surface area contributed by atoms with Crippen LogP contribution in [0.25, 0.3) is 0 Å². The van der Waals surface area contributed by atoms with Gasteiger partial charge in [0, 0.05) is 10.9 Å². The number of nitrogens with one attached hydrogen (secondary N) is 1. The summed E-state index contributed by atoms with van der Waals surface area (Å²) < 4.78 is 4.69. The first-order valence-electron chi connectivity index (χ1n) is 6.73. The van der Waals surface area contributed by atoms with Gasteiger partial charge in [-0.05, 0) is 30.5 Å². The van der Waals surface area contributed by atoms with Gasteiger partial charge in [-0.1, -0.05) is 30.2 Å². The Morgan fingerprint density at radius 1 is 1.35 bits per heavy atom. The van der Waals surface area contributed by atoms with Gasteiger partial charge in [0.15, 0.2) is 0 Å². The predicted molar refractivity (Wildman–Crippen MR) is 76.3 cm³/mol. The Labute approximate surface area is 123 Å². The number of benzene rings is 1. The number of hydrogen-bond acceptors (Lipinski definition) is 3. The van der Waals surface area contributed by atoms with Gasteiger partial charge in [0.25, 0.3) is 0 Å². The van der Waals surface area contributed by atoms with E-state index in [0.717, 1.165) is 24.8 Å². The summed E-state index contributed by atoms with van der Waals surface area (Å²) in [6, 6.07) is 6.76. The highest BCUT2D eigenvalue weighted by Crippen LogP contribution is 2.28. The van der Waals surface area contributed by atoms with Crippen LogP contribution in [0.2, 0.25) is 5.02 Å². The van der Waals surface area contributed by atoms with Crippen molar-refractivity contribution in [3.8, 4) is 0 Å². The van der Waals surface area contributed by atoms with E-state index in [1.54, 1.807) is 12.1 Å². The largest absolute Gasteiger partial charge is 0.469 e. The van der Waals surface area contributed by atoms with Gasteiger partial charge < -0.3 is 10.1 Å². The molecule has 0 aliphatic heterocycles. The molecule has 1 aliphatic rings. The molecule has 0 heterocycles. The van der Waals surface area contributed by atoms with Crippen molar-refractivity contribution in [3.63, 3.8) is 0 Å². The van der Waals surface area contributed by atoms with E-state index in [0.29, 0.717) is 5.02 Å². The number of amides is 1. The minimum Gasteiger partial charge on any atom is -0.469 e. The molecule has 0 aromatic heterocycles. The molecule has 1 amide bonds. The van der Waals surface area contributed by atoms with Gasteiger partial charge in [0.1, 0.15) is 0 Å². The van der Waals surface area contributed by atoms with Crippen LogP contribution in [-0.2, 0) is 14.3 Å². The Hall–Kier alpha value is -1.55. The first-order chi connectivity index (χ1) is 9.60. The van der Waals surface area contributed by atoms with E-state index in [1.807, 2.05) is 12.1 Å². The van der Waals surface area contributed by atoms with Crippen LogP contribution in [0.4, 0.5) is 0 Å². The SMILES string of the molecule is COC(=O)C[C@@H](NC(=O)C1CCC1)c1ccc(Cl)cc1. The molecule has 1 atom stereocenters. The third-order valence-electron chi connectivity index (χ3n) is 3.66. The lowest BCUT2D eigenvalue weighted by molar-refractivity contribution is -0.141. The van der Waals surface area contributed by atoms with E-state index in [-0.39, 0.29) is 30.3 Å². The Balaban J connectivity index is 2.08. The van der Waals surface area contributed by atoms with Gasteiger partial charge in [-0.25, -0.2) is 0 Å². The molecule has 1 aliphatic carbocycles. The van der Waals surface area contributed by atoms with Crippen molar-refractivity contribution in [1.29, 1.82) is 0 Å². The number of esters is 1. The van der Waals surface area contributed by atoms with E-state index in [4.69, 9.17) is 16.3 Å². The molecule has 1 N–H and O–H groups in total. The highest BCUT2D eigenvalue weighted by atomic mass is 35.5. The standard InChI is InChI=1S/C15H18ClNO3/c1-20-14(18)9-13(10-5-7-12(16)8-6-10)17-15(19)11-3-2-4-11/h5-8,11,13H,2-4,9H2,1H3,(H,17,19)/t13-/m1/s1. The van der Waals surface area contributed by atoms with Crippen LogP contribution < -0.4 is 5.32 Å². The lowest BCUT2D eigenvalue weighted by atomic mass is 9.84. The zero-order valence-corrected chi connectivity index (χ0v) is 12.2. The highest BCUT2D eigenvalue weighted by Gasteiger charge is 2.28. The normalized spacial score (nSPS) is 16.1. The molecule has 0 radical (unpaired) electrons. The van der Waals surface area contributed by atoms with Gasteiger partial charge in [-0.15, -0.1) is 0 Å². The number of methoxy groups -OCH3 is 1. The second kappa shape index (κ2) is 6.75.